The van der Waals surface area contributed by atoms with Crippen molar-refractivity contribution in [1.29, 1.82) is 0 Å². The number of ether oxygens (including phenoxy) is 1. The first kappa shape index (κ1) is 19.5. The van der Waals surface area contributed by atoms with Crippen LogP contribution >= 0.6 is 0 Å². The second-order valence-electron chi connectivity index (χ2n) is 6.84. The SMILES string of the molecule is CC[C@H](C)N(Cc1ccccc1C)C[C@H](O)COc1ccccc1C. The van der Waals surface area contributed by atoms with Gasteiger partial charge in [0.1, 0.15) is 18.5 Å². The number of rotatable bonds is 9. The van der Waals surface area contributed by atoms with E-state index in [1.807, 2.05) is 31.2 Å². The second kappa shape index (κ2) is 9.59. The lowest BCUT2D eigenvalue weighted by Crippen LogP contribution is -2.40. The Hall–Kier alpha value is -1.84. The summed E-state index contributed by atoms with van der Waals surface area (Å²) in [5, 5.41) is 10.5. The van der Waals surface area contributed by atoms with Gasteiger partial charge in [0.15, 0.2) is 0 Å². The van der Waals surface area contributed by atoms with Crippen molar-refractivity contribution >= 4 is 0 Å². The molecule has 3 nitrogen and oxygen atoms in total. The zero-order valence-electron chi connectivity index (χ0n) is 15.9. The van der Waals surface area contributed by atoms with Gasteiger partial charge in [0.05, 0.1) is 0 Å². The molecule has 0 bridgehead atoms. The Morgan fingerprint density at radius 1 is 1.00 bits per heavy atom. The van der Waals surface area contributed by atoms with Crippen LogP contribution in [0, 0.1) is 13.8 Å². The molecule has 3 heteroatoms. The molecule has 136 valence electrons. The molecule has 2 aromatic rings. The highest BCUT2D eigenvalue weighted by molar-refractivity contribution is 5.31. The largest absolute Gasteiger partial charge is 0.491 e. The maximum atomic E-state index is 10.5. The van der Waals surface area contributed by atoms with E-state index in [1.165, 1.54) is 11.1 Å². The van der Waals surface area contributed by atoms with Gasteiger partial charge in [-0.3, -0.25) is 4.90 Å². The maximum Gasteiger partial charge on any atom is 0.122 e. The van der Waals surface area contributed by atoms with E-state index in [9.17, 15) is 5.11 Å². The first-order valence-corrected chi connectivity index (χ1v) is 9.16. The Labute approximate surface area is 152 Å². The van der Waals surface area contributed by atoms with E-state index in [0.29, 0.717) is 19.2 Å². The quantitative estimate of drug-likeness (QED) is 0.736. The molecular formula is C22H31NO2. The van der Waals surface area contributed by atoms with Gasteiger partial charge in [-0.1, -0.05) is 49.4 Å². The number of aliphatic hydroxyl groups is 1. The normalized spacial score (nSPS) is 13.7. The molecule has 0 spiro atoms. The fourth-order valence-electron chi connectivity index (χ4n) is 2.89. The van der Waals surface area contributed by atoms with Crippen LogP contribution in [0.1, 0.15) is 37.0 Å². The van der Waals surface area contributed by atoms with Gasteiger partial charge in [-0.15, -0.1) is 0 Å². The summed E-state index contributed by atoms with van der Waals surface area (Å²) in [7, 11) is 0. The summed E-state index contributed by atoms with van der Waals surface area (Å²) in [5.41, 5.74) is 3.70. The Kier molecular flexibility index (Phi) is 7.48. The van der Waals surface area contributed by atoms with Gasteiger partial charge in [0, 0.05) is 19.1 Å². The highest BCUT2D eigenvalue weighted by Crippen LogP contribution is 2.18. The van der Waals surface area contributed by atoms with Crippen molar-refractivity contribution in [3.05, 3.63) is 65.2 Å². The van der Waals surface area contributed by atoms with E-state index in [-0.39, 0.29) is 0 Å². The minimum absolute atomic E-state index is 0.311. The van der Waals surface area contributed by atoms with Crippen LogP contribution < -0.4 is 4.74 Å². The van der Waals surface area contributed by atoms with Gasteiger partial charge in [0.2, 0.25) is 0 Å². The number of aryl methyl sites for hydroxylation is 2. The smallest absolute Gasteiger partial charge is 0.122 e. The molecule has 0 radical (unpaired) electrons. The predicted octanol–water partition coefficient (Wildman–Crippen LogP) is 4.34. The molecule has 0 aliphatic rings. The number of nitrogens with zero attached hydrogens (tertiary/aromatic N) is 1. The molecule has 0 saturated carbocycles. The lowest BCUT2D eigenvalue weighted by atomic mass is 10.1. The molecule has 0 fully saturated rings. The van der Waals surface area contributed by atoms with E-state index in [1.54, 1.807) is 0 Å². The fraction of sp³-hybridized carbons (Fsp3) is 0.455. The monoisotopic (exact) mass is 341 g/mol. The van der Waals surface area contributed by atoms with Gasteiger partial charge in [-0.05, 0) is 49.9 Å². The van der Waals surface area contributed by atoms with Gasteiger partial charge in [-0.2, -0.15) is 0 Å². The van der Waals surface area contributed by atoms with Crippen molar-refractivity contribution in [2.45, 2.75) is 52.8 Å². The average molecular weight is 341 g/mol. The molecule has 2 rings (SSSR count). The molecule has 0 aliphatic heterocycles. The molecule has 25 heavy (non-hydrogen) atoms. The van der Waals surface area contributed by atoms with Crippen LogP contribution in [-0.4, -0.2) is 35.3 Å². The van der Waals surface area contributed by atoms with E-state index in [0.717, 1.165) is 24.3 Å². The van der Waals surface area contributed by atoms with Crippen molar-refractivity contribution in [2.75, 3.05) is 13.2 Å². The summed E-state index contributed by atoms with van der Waals surface area (Å²) in [6, 6.07) is 16.8. The van der Waals surface area contributed by atoms with Crippen LogP contribution in [0.25, 0.3) is 0 Å². The fourth-order valence-corrected chi connectivity index (χ4v) is 2.89. The van der Waals surface area contributed by atoms with E-state index in [4.69, 9.17) is 4.74 Å². The standard InChI is InChI=1S/C22H31NO2/c1-5-19(4)23(14-20-12-8-6-10-17(20)2)15-21(24)16-25-22-13-9-7-11-18(22)3/h6-13,19,21,24H,5,14-16H2,1-4H3/t19-,21-/m0/s1. The Balaban J connectivity index is 1.96. The summed E-state index contributed by atoms with van der Waals surface area (Å²) >= 11 is 0. The minimum Gasteiger partial charge on any atom is -0.491 e. The van der Waals surface area contributed by atoms with Crippen LogP contribution in [-0.2, 0) is 6.54 Å². The first-order valence-electron chi connectivity index (χ1n) is 9.16. The number of para-hydroxylation sites is 1. The molecule has 0 saturated heterocycles. The van der Waals surface area contributed by atoms with E-state index >= 15 is 0 Å². The number of aliphatic hydroxyl groups excluding tert-OH is 1. The first-order chi connectivity index (χ1) is 12.0. The van der Waals surface area contributed by atoms with Crippen LogP contribution in [0.5, 0.6) is 5.75 Å². The minimum atomic E-state index is -0.516. The van der Waals surface area contributed by atoms with Crippen LogP contribution in [0.2, 0.25) is 0 Å². The van der Waals surface area contributed by atoms with Crippen LogP contribution in [0.3, 0.4) is 0 Å². The van der Waals surface area contributed by atoms with Crippen molar-refractivity contribution in [3.8, 4) is 5.75 Å². The third-order valence-electron chi connectivity index (χ3n) is 4.82. The molecular weight excluding hydrogens is 310 g/mol. The van der Waals surface area contributed by atoms with Crippen LogP contribution in [0.15, 0.2) is 48.5 Å². The summed E-state index contributed by atoms with van der Waals surface area (Å²) in [4.78, 5) is 2.34. The van der Waals surface area contributed by atoms with Gasteiger partial charge in [0.25, 0.3) is 0 Å². The average Bonchev–Trinajstić information content (AvgIpc) is 2.61. The zero-order chi connectivity index (χ0) is 18.2. The lowest BCUT2D eigenvalue weighted by molar-refractivity contribution is 0.0503. The van der Waals surface area contributed by atoms with E-state index < -0.39 is 6.10 Å². The maximum absolute atomic E-state index is 10.5. The number of hydrogen-bond acceptors (Lipinski definition) is 3. The third kappa shape index (κ3) is 5.87. The molecule has 0 amide bonds. The van der Waals surface area contributed by atoms with Gasteiger partial charge >= 0.3 is 0 Å². The Morgan fingerprint density at radius 3 is 2.28 bits per heavy atom. The molecule has 0 aromatic heterocycles. The molecule has 0 unspecified atom stereocenters. The Morgan fingerprint density at radius 2 is 1.64 bits per heavy atom. The number of hydrogen-bond donors (Lipinski definition) is 1. The van der Waals surface area contributed by atoms with Gasteiger partial charge < -0.3 is 9.84 Å². The number of benzene rings is 2. The van der Waals surface area contributed by atoms with Crippen molar-refractivity contribution in [3.63, 3.8) is 0 Å². The summed E-state index contributed by atoms with van der Waals surface area (Å²) in [6.45, 7) is 10.3. The third-order valence-corrected chi connectivity index (χ3v) is 4.82. The van der Waals surface area contributed by atoms with Crippen molar-refractivity contribution in [2.24, 2.45) is 0 Å². The molecule has 1 N–H and O–H groups in total. The summed E-state index contributed by atoms with van der Waals surface area (Å²) in [5.74, 6) is 0.843. The molecule has 0 aliphatic carbocycles. The molecule has 0 heterocycles. The molecule has 2 aromatic carbocycles. The van der Waals surface area contributed by atoms with Crippen molar-refractivity contribution < 1.29 is 9.84 Å². The van der Waals surface area contributed by atoms with E-state index in [2.05, 4.69) is 49.9 Å². The Bertz CT molecular complexity index is 656. The lowest BCUT2D eigenvalue weighted by Gasteiger charge is -2.31. The highest BCUT2D eigenvalue weighted by atomic mass is 16.5. The summed E-state index contributed by atoms with van der Waals surface area (Å²) < 4.78 is 5.81. The second-order valence-corrected chi connectivity index (χ2v) is 6.84. The van der Waals surface area contributed by atoms with Crippen LogP contribution in [0.4, 0.5) is 0 Å². The zero-order valence-corrected chi connectivity index (χ0v) is 15.9. The predicted molar refractivity (Wildman–Crippen MR) is 104 cm³/mol. The topological polar surface area (TPSA) is 32.7 Å². The highest BCUT2D eigenvalue weighted by Gasteiger charge is 2.18. The van der Waals surface area contributed by atoms with Gasteiger partial charge in [-0.25, -0.2) is 0 Å². The summed E-state index contributed by atoms with van der Waals surface area (Å²) in [6.07, 6.45) is 0.537. The van der Waals surface area contributed by atoms with Crippen molar-refractivity contribution in [1.82, 2.24) is 4.90 Å². The molecule has 2 atom stereocenters.